The number of carboxylic acids is 3. The van der Waals surface area contributed by atoms with Crippen molar-refractivity contribution < 1.29 is 29.7 Å². The summed E-state index contributed by atoms with van der Waals surface area (Å²) < 4.78 is 0. The fourth-order valence-electron chi connectivity index (χ4n) is 3.03. The van der Waals surface area contributed by atoms with Crippen molar-refractivity contribution in [1.82, 2.24) is 19.6 Å². The van der Waals surface area contributed by atoms with Gasteiger partial charge in [0, 0.05) is 65.4 Å². The number of aliphatic carboxylic acids is 3. The Hall–Kier alpha value is -1.79. The van der Waals surface area contributed by atoms with E-state index >= 15 is 0 Å². The van der Waals surface area contributed by atoms with Gasteiger partial charge in [-0.1, -0.05) is 0 Å². The minimum Gasteiger partial charge on any atom is -0.480 e. The van der Waals surface area contributed by atoms with E-state index in [0.29, 0.717) is 65.4 Å². The zero-order valence-electron chi connectivity index (χ0n) is 15.6. The number of carbonyl (C=O) groups is 3. The van der Waals surface area contributed by atoms with Crippen LogP contribution in [-0.4, -0.2) is 138 Å². The van der Waals surface area contributed by atoms with Crippen molar-refractivity contribution in [3.63, 3.8) is 0 Å². The van der Waals surface area contributed by atoms with E-state index in [2.05, 4.69) is 4.90 Å². The van der Waals surface area contributed by atoms with Crippen LogP contribution in [0.25, 0.3) is 0 Å². The number of nitrogens with zero attached hydrogens (tertiary/aromatic N) is 4. The van der Waals surface area contributed by atoms with Crippen molar-refractivity contribution in [3.8, 4) is 0 Å². The highest BCUT2D eigenvalue weighted by atomic mass is 16.4. The van der Waals surface area contributed by atoms with E-state index in [0.717, 1.165) is 0 Å². The van der Waals surface area contributed by atoms with Crippen LogP contribution in [0.1, 0.15) is 0 Å². The molecular formula is C16H31N5O6. The molecule has 0 bridgehead atoms. The fraction of sp³-hybridized carbons (Fsp3) is 0.812. The Bertz CT molecular complexity index is 460. The van der Waals surface area contributed by atoms with Crippen LogP contribution in [0.3, 0.4) is 0 Å². The predicted octanol–water partition coefficient (Wildman–Crippen LogP) is -2.58. The molecule has 0 aromatic carbocycles. The molecular weight excluding hydrogens is 358 g/mol. The van der Waals surface area contributed by atoms with Crippen LogP contribution in [0.2, 0.25) is 0 Å². The highest BCUT2D eigenvalue weighted by Crippen LogP contribution is 2.01. The highest BCUT2D eigenvalue weighted by molar-refractivity contribution is 5.69. The van der Waals surface area contributed by atoms with Crippen molar-refractivity contribution in [1.29, 1.82) is 0 Å². The maximum atomic E-state index is 11.1. The Balaban J connectivity index is 2.85. The van der Waals surface area contributed by atoms with Crippen molar-refractivity contribution in [2.45, 2.75) is 0 Å². The Labute approximate surface area is 158 Å². The molecule has 1 aliphatic rings. The van der Waals surface area contributed by atoms with E-state index in [4.69, 9.17) is 21.1 Å². The molecule has 1 saturated heterocycles. The van der Waals surface area contributed by atoms with Crippen LogP contribution in [-0.2, 0) is 14.4 Å². The molecule has 0 amide bonds. The maximum absolute atomic E-state index is 11.1. The molecule has 0 aromatic rings. The van der Waals surface area contributed by atoms with E-state index in [-0.39, 0.29) is 19.6 Å². The van der Waals surface area contributed by atoms with Crippen LogP contribution in [0.4, 0.5) is 0 Å². The van der Waals surface area contributed by atoms with Gasteiger partial charge in [0.05, 0.1) is 19.6 Å². The summed E-state index contributed by atoms with van der Waals surface area (Å²) in [5, 5.41) is 27.3. The molecule has 0 aromatic heterocycles. The van der Waals surface area contributed by atoms with E-state index in [1.165, 1.54) is 0 Å². The van der Waals surface area contributed by atoms with Gasteiger partial charge < -0.3 is 21.1 Å². The average Bonchev–Trinajstić information content (AvgIpc) is 2.56. The van der Waals surface area contributed by atoms with Crippen LogP contribution < -0.4 is 5.73 Å². The number of hydrogen-bond donors (Lipinski definition) is 4. The lowest BCUT2D eigenvalue weighted by atomic mass is 10.3. The topological polar surface area (TPSA) is 151 Å². The number of nitrogens with two attached hydrogens (primary N) is 1. The largest absolute Gasteiger partial charge is 0.480 e. The van der Waals surface area contributed by atoms with Gasteiger partial charge in [-0.05, 0) is 0 Å². The van der Waals surface area contributed by atoms with Gasteiger partial charge in [0.15, 0.2) is 0 Å². The summed E-state index contributed by atoms with van der Waals surface area (Å²) in [6, 6.07) is 0. The Morgan fingerprint density at radius 2 is 0.852 bits per heavy atom. The molecule has 0 spiro atoms. The first-order valence-corrected chi connectivity index (χ1v) is 9.05. The van der Waals surface area contributed by atoms with E-state index < -0.39 is 17.9 Å². The standard InChI is InChI=1S/C16H31N5O6/c17-1-2-18-3-5-19(11-14(22)23)7-9-21(13-16(26)27)10-8-20(6-4-18)12-15(24)25/h1-13,17H2,(H,22,23)(H,24,25)(H,26,27). The number of rotatable bonds is 8. The van der Waals surface area contributed by atoms with Gasteiger partial charge >= 0.3 is 17.9 Å². The summed E-state index contributed by atoms with van der Waals surface area (Å²) in [5.41, 5.74) is 5.65. The maximum Gasteiger partial charge on any atom is 0.317 e. The first kappa shape index (κ1) is 23.2. The number of hydrogen-bond acceptors (Lipinski definition) is 8. The van der Waals surface area contributed by atoms with Gasteiger partial charge in [-0.3, -0.25) is 34.0 Å². The molecule has 11 nitrogen and oxygen atoms in total. The Kier molecular flexibility index (Phi) is 10.8. The van der Waals surface area contributed by atoms with Gasteiger partial charge in [0.25, 0.3) is 0 Å². The summed E-state index contributed by atoms with van der Waals surface area (Å²) in [7, 11) is 0. The summed E-state index contributed by atoms with van der Waals surface area (Å²) >= 11 is 0. The molecule has 5 N–H and O–H groups in total. The van der Waals surface area contributed by atoms with Crippen molar-refractivity contribution >= 4 is 17.9 Å². The molecule has 1 aliphatic heterocycles. The lowest BCUT2D eigenvalue weighted by Crippen LogP contribution is -2.49. The lowest BCUT2D eigenvalue weighted by molar-refractivity contribution is -0.140. The zero-order valence-corrected chi connectivity index (χ0v) is 15.6. The predicted molar refractivity (Wildman–Crippen MR) is 97.7 cm³/mol. The normalized spacial score (nSPS) is 19.9. The summed E-state index contributed by atoms with van der Waals surface area (Å²) in [4.78, 5) is 40.7. The van der Waals surface area contributed by atoms with Gasteiger partial charge in [-0.25, -0.2) is 0 Å². The van der Waals surface area contributed by atoms with Crippen molar-refractivity contribution in [3.05, 3.63) is 0 Å². The van der Waals surface area contributed by atoms with Crippen molar-refractivity contribution in [2.75, 3.05) is 85.1 Å². The summed E-state index contributed by atoms with van der Waals surface area (Å²) in [5.74, 6) is -2.82. The third kappa shape index (κ3) is 10.8. The fourth-order valence-corrected chi connectivity index (χ4v) is 3.03. The molecule has 0 saturated carbocycles. The second kappa shape index (κ2) is 12.6. The first-order valence-electron chi connectivity index (χ1n) is 9.05. The first-order chi connectivity index (χ1) is 12.8. The molecule has 0 radical (unpaired) electrons. The molecule has 1 fully saturated rings. The monoisotopic (exact) mass is 389 g/mol. The minimum absolute atomic E-state index is 0.109. The van der Waals surface area contributed by atoms with Gasteiger partial charge in [-0.15, -0.1) is 0 Å². The second-order valence-electron chi connectivity index (χ2n) is 6.64. The lowest BCUT2D eigenvalue weighted by Gasteiger charge is -2.32. The van der Waals surface area contributed by atoms with Crippen LogP contribution >= 0.6 is 0 Å². The van der Waals surface area contributed by atoms with E-state index in [1.807, 2.05) is 0 Å². The molecule has 0 aliphatic carbocycles. The number of carboxylic acid groups (broad SMARTS) is 3. The molecule has 11 heteroatoms. The van der Waals surface area contributed by atoms with E-state index in [9.17, 15) is 14.4 Å². The van der Waals surface area contributed by atoms with Crippen molar-refractivity contribution in [2.24, 2.45) is 5.73 Å². The molecule has 0 unspecified atom stereocenters. The zero-order chi connectivity index (χ0) is 20.2. The average molecular weight is 389 g/mol. The molecule has 1 heterocycles. The Morgan fingerprint density at radius 1 is 0.593 bits per heavy atom. The molecule has 27 heavy (non-hydrogen) atoms. The highest BCUT2D eigenvalue weighted by Gasteiger charge is 2.19. The second-order valence-corrected chi connectivity index (χ2v) is 6.64. The molecule has 0 atom stereocenters. The molecule has 156 valence electrons. The van der Waals surface area contributed by atoms with Gasteiger partial charge in [0.2, 0.25) is 0 Å². The Morgan fingerprint density at radius 3 is 1.07 bits per heavy atom. The van der Waals surface area contributed by atoms with Gasteiger partial charge in [-0.2, -0.15) is 0 Å². The van der Waals surface area contributed by atoms with Crippen LogP contribution in [0.5, 0.6) is 0 Å². The summed E-state index contributed by atoms with van der Waals surface area (Å²) in [6.45, 7) is 4.65. The SMILES string of the molecule is NCCN1CCN(CC(=O)O)CCN(CC(=O)O)CCN(CC(=O)O)CC1. The molecule has 1 rings (SSSR count). The summed E-state index contributed by atoms with van der Waals surface area (Å²) in [6.07, 6.45) is 0. The van der Waals surface area contributed by atoms with Crippen LogP contribution in [0.15, 0.2) is 0 Å². The third-order valence-electron chi connectivity index (χ3n) is 4.45. The third-order valence-corrected chi connectivity index (χ3v) is 4.45. The quantitative estimate of drug-likeness (QED) is 0.346. The smallest absolute Gasteiger partial charge is 0.317 e. The van der Waals surface area contributed by atoms with E-state index in [1.54, 1.807) is 14.7 Å². The van der Waals surface area contributed by atoms with Crippen LogP contribution in [0, 0.1) is 0 Å². The minimum atomic E-state index is -0.967. The van der Waals surface area contributed by atoms with Gasteiger partial charge in [0.1, 0.15) is 0 Å².